The molecule has 3 amide bonds. The van der Waals surface area contributed by atoms with Gasteiger partial charge in [-0.05, 0) is 99.8 Å². The maximum Gasteiger partial charge on any atom is 0.319 e. The smallest absolute Gasteiger partial charge is 0.319 e. The molecule has 8 nitrogen and oxygen atoms in total. The van der Waals surface area contributed by atoms with Crippen molar-refractivity contribution >= 4 is 23.3 Å². The molecular formula is C33H39FN4O4. The number of hydrogen-bond acceptors (Lipinski definition) is 5. The molecule has 2 heterocycles. The predicted octanol–water partition coefficient (Wildman–Crippen LogP) is 7.53. The van der Waals surface area contributed by atoms with Crippen molar-refractivity contribution in [2.45, 2.75) is 76.6 Å². The number of fused-ring (bicyclic) bond motifs is 2. The Bertz CT molecular complexity index is 1390. The van der Waals surface area contributed by atoms with Gasteiger partial charge in [-0.1, -0.05) is 13.8 Å². The molecule has 2 bridgehead atoms. The van der Waals surface area contributed by atoms with Crippen LogP contribution >= 0.6 is 0 Å². The summed E-state index contributed by atoms with van der Waals surface area (Å²) in [7, 11) is 2.13. The fourth-order valence-corrected chi connectivity index (χ4v) is 5.86. The minimum Gasteiger partial charge on any atom is -0.473 e. The van der Waals surface area contributed by atoms with Gasteiger partial charge in [0.1, 0.15) is 23.1 Å². The molecule has 2 fully saturated rings. The zero-order valence-corrected chi connectivity index (χ0v) is 24.4. The van der Waals surface area contributed by atoms with Crippen LogP contribution in [0.1, 0.15) is 69.2 Å². The van der Waals surface area contributed by atoms with E-state index >= 15 is 0 Å². The van der Waals surface area contributed by atoms with Gasteiger partial charge in [0, 0.05) is 42.2 Å². The highest BCUT2D eigenvalue weighted by Crippen LogP contribution is 2.44. The Balaban J connectivity index is 1.14. The van der Waals surface area contributed by atoms with Crippen LogP contribution in [0.15, 0.2) is 66.7 Å². The molecule has 3 aromatic rings. The topological polar surface area (TPSA) is 91.9 Å². The first kappa shape index (κ1) is 29.4. The van der Waals surface area contributed by atoms with E-state index in [2.05, 4.69) is 27.9 Å². The highest BCUT2D eigenvalue weighted by molar-refractivity contribution is 6.04. The number of amides is 3. The van der Waals surface area contributed by atoms with Crippen LogP contribution < -0.4 is 25.4 Å². The normalized spacial score (nSPS) is 19.8. The molecule has 9 heteroatoms. The van der Waals surface area contributed by atoms with Crippen LogP contribution in [-0.2, 0) is 0 Å². The van der Waals surface area contributed by atoms with Crippen LogP contribution in [0.3, 0.4) is 0 Å². The van der Waals surface area contributed by atoms with Crippen molar-refractivity contribution in [2.75, 3.05) is 17.7 Å². The molecule has 222 valence electrons. The zero-order valence-electron chi connectivity index (χ0n) is 24.4. The van der Waals surface area contributed by atoms with Crippen LogP contribution in [-0.4, -0.2) is 41.7 Å². The van der Waals surface area contributed by atoms with E-state index < -0.39 is 11.7 Å². The highest BCUT2D eigenvalue weighted by atomic mass is 19.1. The fourth-order valence-electron chi connectivity index (χ4n) is 5.86. The first-order valence-corrected chi connectivity index (χ1v) is 14.8. The van der Waals surface area contributed by atoms with E-state index in [0.29, 0.717) is 23.0 Å². The van der Waals surface area contributed by atoms with Gasteiger partial charge in [0.25, 0.3) is 5.91 Å². The lowest BCUT2D eigenvalue weighted by Crippen LogP contribution is -2.51. The van der Waals surface area contributed by atoms with Crippen LogP contribution in [0, 0.1) is 5.82 Å². The molecule has 2 aliphatic heterocycles. The van der Waals surface area contributed by atoms with Gasteiger partial charge >= 0.3 is 6.03 Å². The van der Waals surface area contributed by atoms with Crippen molar-refractivity contribution in [2.24, 2.45) is 0 Å². The van der Waals surface area contributed by atoms with Crippen molar-refractivity contribution in [1.82, 2.24) is 10.2 Å². The van der Waals surface area contributed by atoms with Gasteiger partial charge in [-0.15, -0.1) is 0 Å². The summed E-state index contributed by atoms with van der Waals surface area (Å²) in [5.41, 5.74) is 0.809. The number of halogens is 1. The van der Waals surface area contributed by atoms with Gasteiger partial charge in [-0.25, -0.2) is 9.18 Å². The Kier molecular flexibility index (Phi) is 8.97. The monoisotopic (exact) mass is 574 g/mol. The molecule has 3 N–H and O–H groups in total. The molecule has 0 radical (unpaired) electrons. The average molecular weight is 575 g/mol. The number of carbonyl (C=O) groups is 2. The van der Waals surface area contributed by atoms with E-state index in [-0.39, 0.29) is 29.2 Å². The minimum atomic E-state index is -0.618. The van der Waals surface area contributed by atoms with Gasteiger partial charge in [-0.3, -0.25) is 9.69 Å². The van der Waals surface area contributed by atoms with Gasteiger partial charge in [0.05, 0.1) is 5.69 Å². The van der Waals surface area contributed by atoms with Gasteiger partial charge in [0.2, 0.25) is 0 Å². The molecule has 5 rings (SSSR count). The summed E-state index contributed by atoms with van der Waals surface area (Å²) in [6.45, 7) is 4.05. The maximum atomic E-state index is 14.9. The molecule has 0 aromatic heterocycles. The third-order valence-electron chi connectivity index (χ3n) is 8.45. The summed E-state index contributed by atoms with van der Waals surface area (Å²) >= 11 is 0. The van der Waals surface area contributed by atoms with E-state index in [9.17, 15) is 14.0 Å². The number of urea groups is 1. The zero-order chi connectivity index (χ0) is 29.7. The quantitative estimate of drug-likeness (QED) is 0.233. The Labute approximate surface area is 246 Å². The third-order valence-corrected chi connectivity index (χ3v) is 8.45. The van der Waals surface area contributed by atoms with Gasteiger partial charge < -0.3 is 25.4 Å². The lowest BCUT2D eigenvalue weighted by Gasteiger charge is -2.42. The molecule has 3 aromatic carbocycles. The Hall–Kier alpha value is -4.11. The standard InChI is InChI=1S/C33H39FN4O4/c1-4-23(5-2)35-32(40)36-24-10-14-26(15-11-24)41-28-16-17-30(29(34)21-28)37-31(39)22-8-12-27(13-9-22)42-33-19-6-7-25(18-20-33)38(33)3/h8-17,21,23,25H,4-7,18-20H2,1-3H3,(H,37,39)(H2,35,36,40). The number of nitrogens with one attached hydrogen (secondary N) is 3. The average Bonchev–Trinajstić information content (AvgIpc) is 3.14. The predicted molar refractivity (Wildman–Crippen MR) is 162 cm³/mol. The number of hydrogen-bond donors (Lipinski definition) is 3. The summed E-state index contributed by atoms with van der Waals surface area (Å²) < 4.78 is 27.1. The lowest BCUT2D eigenvalue weighted by molar-refractivity contribution is -0.0823. The second kappa shape index (κ2) is 12.8. The largest absolute Gasteiger partial charge is 0.473 e. The minimum absolute atomic E-state index is 0.0513. The summed E-state index contributed by atoms with van der Waals surface area (Å²) in [5, 5.41) is 8.35. The van der Waals surface area contributed by atoms with Gasteiger partial charge in [-0.2, -0.15) is 0 Å². The molecule has 0 spiro atoms. The molecule has 42 heavy (non-hydrogen) atoms. The van der Waals surface area contributed by atoms with E-state index in [4.69, 9.17) is 9.47 Å². The number of carbonyl (C=O) groups excluding carboxylic acids is 2. The Morgan fingerprint density at radius 2 is 1.62 bits per heavy atom. The van der Waals surface area contributed by atoms with Crippen LogP contribution in [0.5, 0.6) is 17.2 Å². The summed E-state index contributed by atoms with van der Waals surface area (Å²) in [4.78, 5) is 27.3. The summed E-state index contributed by atoms with van der Waals surface area (Å²) in [5.74, 6) is 0.445. The van der Waals surface area contributed by atoms with Crippen molar-refractivity contribution in [1.29, 1.82) is 0 Å². The molecule has 0 saturated carbocycles. The molecule has 2 saturated heterocycles. The number of nitrogens with zero attached hydrogens (tertiary/aromatic N) is 1. The van der Waals surface area contributed by atoms with Crippen LogP contribution in [0.2, 0.25) is 0 Å². The van der Waals surface area contributed by atoms with E-state index in [1.54, 1.807) is 54.6 Å². The second-order valence-electron chi connectivity index (χ2n) is 11.1. The Morgan fingerprint density at radius 1 is 0.929 bits per heavy atom. The number of benzene rings is 3. The van der Waals surface area contributed by atoms with E-state index in [1.807, 2.05) is 13.8 Å². The van der Waals surface area contributed by atoms with Crippen LogP contribution in [0.25, 0.3) is 0 Å². The second-order valence-corrected chi connectivity index (χ2v) is 11.1. The summed E-state index contributed by atoms with van der Waals surface area (Å²) in [6, 6.07) is 18.5. The first-order chi connectivity index (χ1) is 20.3. The number of rotatable bonds is 10. The van der Waals surface area contributed by atoms with E-state index in [0.717, 1.165) is 44.3 Å². The molecule has 0 aliphatic carbocycles. The first-order valence-electron chi connectivity index (χ1n) is 14.8. The third kappa shape index (κ3) is 6.68. The molecular weight excluding hydrogens is 535 g/mol. The Morgan fingerprint density at radius 3 is 2.31 bits per heavy atom. The fraction of sp³-hybridized carbons (Fsp3) is 0.394. The van der Waals surface area contributed by atoms with Crippen molar-refractivity contribution in [3.8, 4) is 17.2 Å². The van der Waals surface area contributed by atoms with E-state index in [1.165, 1.54) is 18.6 Å². The molecule has 2 unspecified atom stereocenters. The maximum absolute atomic E-state index is 14.9. The number of ether oxygens (including phenoxy) is 2. The SMILES string of the molecule is CCC(CC)NC(=O)Nc1ccc(Oc2ccc(NC(=O)c3ccc(OC45CCCC(CC4)N5C)cc3)c(F)c2)cc1. The lowest BCUT2D eigenvalue weighted by atomic mass is 10.0. The number of piperidine rings is 1. The molecule has 2 atom stereocenters. The van der Waals surface area contributed by atoms with Gasteiger partial charge in [0.15, 0.2) is 5.72 Å². The highest BCUT2D eigenvalue weighted by Gasteiger charge is 2.48. The van der Waals surface area contributed by atoms with Crippen molar-refractivity contribution in [3.63, 3.8) is 0 Å². The van der Waals surface area contributed by atoms with Crippen molar-refractivity contribution in [3.05, 3.63) is 78.1 Å². The molecule has 2 aliphatic rings. The number of anilines is 2. The van der Waals surface area contributed by atoms with Crippen molar-refractivity contribution < 1.29 is 23.5 Å². The van der Waals surface area contributed by atoms with Crippen LogP contribution in [0.4, 0.5) is 20.6 Å². The summed E-state index contributed by atoms with van der Waals surface area (Å²) in [6.07, 6.45) is 7.25.